The maximum Gasteiger partial charge on any atom is 0.250 e. The van der Waals surface area contributed by atoms with E-state index in [0.717, 1.165) is 27.1 Å². The monoisotopic (exact) mass is 392 g/mol. The van der Waals surface area contributed by atoms with E-state index in [1.165, 1.54) is 0 Å². The summed E-state index contributed by atoms with van der Waals surface area (Å²) < 4.78 is 12.6. The molecule has 0 bridgehead atoms. The van der Waals surface area contributed by atoms with Crippen LogP contribution in [0.25, 0.3) is 11.1 Å². The summed E-state index contributed by atoms with van der Waals surface area (Å²) in [5.41, 5.74) is 2.31. The lowest BCUT2D eigenvalue weighted by Gasteiger charge is -2.36. The molecule has 0 spiro atoms. The minimum absolute atomic E-state index is 0.201. The smallest absolute Gasteiger partial charge is 0.250 e. The summed E-state index contributed by atoms with van der Waals surface area (Å²) in [5.74, 6) is 1.79. The number of methoxy groups -OCH3 is 1. The third-order valence-electron chi connectivity index (χ3n) is 4.52. The molecular weight excluding hydrogens is 368 g/mol. The van der Waals surface area contributed by atoms with E-state index in [0.29, 0.717) is 0 Å². The molecular formula is C19H25BrO2Si. The summed E-state index contributed by atoms with van der Waals surface area (Å²) in [5, 5.41) is 0.201. The molecule has 2 nitrogen and oxygen atoms in total. The highest BCUT2D eigenvalue weighted by molar-refractivity contribution is 9.10. The number of hydrogen-bond acceptors (Lipinski definition) is 2. The summed E-state index contributed by atoms with van der Waals surface area (Å²) in [4.78, 5) is 0. The topological polar surface area (TPSA) is 18.5 Å². The van der Waals surface area contributed by atoms with Gasteiger partial charge in [-0.25, -0.2) is 0 Å². The van der Waals surface area contributed by atoms with Crippen LogP contribution in [0, 0.1) is 0 Å². The number of halogens is 1. The molecule has 0 radical (unpaired) electrons. The van der Waals surface area contributed by atoms with Crippen molar-refractivity contribution in [3.05, 3.63) is 46.9 Å². The molecule has 0 saturated heterocycles. The molecule has 23 heavy (non-hydrogen) atoms. The van der Waals surface area contributed by atoms with Crippen LogP contribution in [-0.4, -0.2) is 15.4 Å². The fourth-order valence-corrected chi connectivity index (χ4v) is 3.58. The van der Waals surface area contributed by atoms with Gasteiger partial charge in [-0.3, -0.25) is 0 Å². The zero-order chi connectivity index (χ0) is 17.3. The summed E-state index contributed by atoms with van der Waals surface area (Å²) in [6.45, 7) is 11.3. The van der Waals surface area contributed by atoms with Crippen molar-refractivity contribution in [1.82, 2.24) is 0 Å². The Kier molecular flexibility index (Phi) is 5.26. The van der Waals surface area contributed by atoms with Gasteiger partial charge in [0.2, 0.25) is 8.32 Å². The van der Waals surface area contributed by atoms with Crippen LogP contribution in [0.2, 0.25) is 18.1 Å². The molecule has 4 heteroatoms. The van der Waals surface area contributed by atoms with Gasteiger partial charge in [-0.2, -0.15) is 0 Å². The number of benzene rings is 2. The van der Waals surface area contributed by atoms with Crippen LogP contribution in [0.4, 0.5) is 0 Å². The molecule has 0 heterocycles. The highest BCUT2D eigenvalue weighted by atomic mass is 79.9. The lowest BCUT2D eigenvalue weighted by atomic mass is 10.1. The quantitative estimate of drug-likeness (QED) is 0.552. The van der Waals surface area contributed by atoms with Gasteiger partial charge in [0.1, 0.15) is 11.5 Å². The Morgan fingerprint density at radius 2 is 1.48 bits per heavy atom. The minimum Gasteiger partial charge on any atom is -0.544 e. The zero-order valence-corrected chi connectivity index (χ0v) is 17.3. The van der Waals surface area contributed by atoms with Crippen molar-refractivity contribution in [3.8, 4) is 22.6 Å². The largest absolute Gasteiger partial charge is 0.544 e. The molecule has 0 fully saturated rings. The van der Waals surface area contributed by atoms with Crippen molar-refractivity contribution in [3.63, 3.8) is 0 Å². The zero-order valence-electron chi connectivity index (χ0n) is 14.7. The Hall–Kier alpha value is -1.26. The first-order valence-corrected chi connectivity index (χ1v) is 11.5. The Morgan fingerprint density at radius 3 is 1.96 bits per heavy atom. The molecule has 2 aromatic rings. The molecule has 0 unspecified atom stereocenters. The predicted molar refractivity (Wildman–Crippen MR) is 104 cm³/mol. The van der Waals surface area contributed by atoms with Crippen molar-refractivity contribution in [2.24, 2.45) is 0 Å². The second kappa shape index (κ2) is 6.69. The van der Waals surface area contributed by atoms with E-state index < -0.39 is 8.32 Å². The van der Waals surface area contributed by atoms with Gasteiger partial charge in [-0.1, -0.05) is 39.0 Å². The van der Waals surface area contributed by atoms with Gasteiger partial charge in [-0.05, 0) is 69.5 Å². The fraction of sp³-hybridized carbons (Fsp3) is 0.368. The highest BCUT2D eigenvalue weighted by Gasteiger charge is 2.38. The maximum absolute atomic E-state index is 6.33. The van der Waals surface area contributed by atoms with E-state index in [-0.39, 0.29) is 5.04 Å². The molecule has 0 aromatic heterocycles. The molecule has 2 rings (SSSR count). The van der Waals surface area contributed by atoms with Crippen molar-refractivity contribution < 1.29 is 9.16 Å². The normalized spacial score (nSPS) is 12.1. The van der Waals surface area contributed by atoms with E-state index in [1.807, 2.05) is 6.07 Å². The van der Waals surface area contributed by atoms with Crippen LogP contribution < -0.4 is 9.16 Å². The summed E-state index contributed by atoms with van der Waals surface area (Å²) in [7, 11) is -0.114. The first kappa shape index (κ1) is 18.1. The Bertz CT molecular complexity index is 673. The number of ether oxygens (including phenoxy) is 1. The average Bonchev–Trinajstić information content (AvgIpc) is 2.46. The molecule has 0 saturated carbocycles. The van der Waals surface area contributed by atoms with Crippen molar-refractivity contribution in [2.45, 2.75) is 38.9 Å². The lowest BCUT2D eigenvalue weighted by molar-refractivity contribution is 0.412. The second-order valence-corrected chi connectivity index (χ2v) is 12.8. The Balaban J connectivity index is 2.21. The standard InChI is InChI=1S/C19H25BrO2Si/c1-19(2,3)23(5,6)22-16-10-7-14(8-11-16)15-9-12-18(21-4)17(20)13-15/h7-13H,1-6H3. The summed E-state index contributed by atoms with van der Waals surface area (Å²) in [6.07, 6.45) is 0. The van der Waals surface area contributed by atoms with E-state index in [9.17, 15) is 0 Å². The van der Waals surface area contributed by atoms with E-state index in [4.69, 9.17) is 9.16 Å². The maximum atomic E-state index is 6.33. The van der Waals surface area contributed by atoms with Crippen LogP contribution in [0.15, 0.2) is 46.9 Å². The second-order valence-electron chi connectivity index (χ2n) is 7.24. The molecule has 0 atom stereocenters. The van der Waals surface area contributed by atoms with Crippen LogP contribution >= 0.6 is 15.9 Å². The predicted octanol–water partition coefficient (Wildman–Crippen LogP) is 6.51. The first-order chi connectivity index (χ1) is 10.6. The van der Waals surface area contributed by atoms with Gasteiger partial charge >= 0.3 is 0 Å². The molecule has 2 aromatic carbocycles. The third kappa shape index (κ3) is 4.18. The van der Waals surface area contributed by atoms with Crippen molar-refractivity contribution in [1.29, 1.82) is 0 Å². The molecule has 0 aliphatic heterocycles. The fourth-order valence-electron chi connectivity index (χ4n) is 2.01. The van der Waals surface area contributed by atoms with Gasteiger partial charge in [0.15, 0.2) is 0 Å². The van der Waals surface area contributed by atoms with E-state index >= 15 is 0 Å². The van der Waals surface area contributed by atoms with Crippen LogP contribution in [0.5, 0.6) is 11.5 Å². The summed E-state index contributed by atoms with van der Waals surface area (Å²) >= 11 is 3.54. The Labute approximate surface area is 149 Å². The molecule has 0 amide bonds. The van der Waals surface area contributed by atoms with Crippen molar-refractivity contribution in [2.75, 3.05) is 7.11 Å². The van der Waals surface area contributed by atoms with Gasteiger partial charge in [0, 0.05) is 0 Å². The SMILES string of the molecule is COc1ccc(-c2ccc(O[Si](C)(C)C(C)(C)C)cc2)cc1Br. The van der Waals surface area contributed by atoms with Crippen LogP contribution in [0.3, 0.4) is 0 Å². The molecule has 0 aliphatic carbocycles. The first-order valence-electron chi connectivity index (χ1n) is 7.77. The average molecular weight is 393 g/mol. The number of rotatable bonds is 4. The lowest BCUT2D eigenvalue weighted by Crippen LogP contribution is -2.43. The number of hydrogen-bond donors (Lipinski definition) is 0. The van der Waals surface area contributed by atoms with Crippen LogP contribution in [0.1, 0.15) is 20.8 Å². The molecule has 0 N–H and O–H groups in total. The summed E-state index contributed by atoms with van der Waals surface area (Å²) in [6, 6.07) is 14.4. The molecule has 0 aliphatic rings. The van der Waals surface area contributed by atoms with Crippen LogP contribution in [-0.2, 0) is 0 Å². The third-order valence-corrected chi connectivity index (χ3v) is 9.50. The van der Waals surface area contributed by atoms with Gasteiger partial charge in [-0.15, -0.1) is 0 Å². The van der Waals surface area contributed by atoms with E-state index in [1.54, 1.807) is 7.11 Å². The van der Waals surface area contributed by atoms with Gasteiger partial charge < -0.3 is 9.16 Å². The van der Waals surface area contributed by atoms with Crippen molar-refractivity contribution >= 4 is 24.2 Å². The van der Waals surface area contributed by atoms with Gasteiger partial charge in [0.05, 0.1) is 11.6 Å². The minimum atomic E-state index is -1.79. The van der Waals surface area contributed by atoms with Gasteiger partial charge in [0.25, 0.3) is 0 Å². The van der Waals surface area contributed by atoms with E-state index in [2.05, 4.69) is 86.2 Å². The Morgan fingerprint density at radius 1 is 0.913 bits per heavy atom. The highest BCUT2D eigenvalue weighted by Crippen LogP contribution is 2.38. The molecule has 124 valence electrons.